The molecular formula is C20H25ClN6OS. The van der Waals surface area contributed by atoms with E-state index in [1.54, 1.807) is 18.4 Å². The quantitative estimate of drug-likeness (QED) is 0.461. The van der Waals surface area contributed by atoms with Crippen molar-refractivity contribution in [2.45, 2.75) is 25.9 Å². The zero-order chi connectivity index (χ0) is 20.2. The third-order valence-electron chi connectivity index (χ3n) is 4.90. The highest BCUT2D eigenvalue weighted by Gasteiger charge is 2.25. The number of imidazole rings is 1. The summed E-state index contributed by atoms with van der Waals surface area (Å²) in [5.74, 6) is 1.66. The minimum atomic E-state index is 0.293. The van der Waals surface area contributed by atoms with Crippen molar-refractivity contribution in [2.75, 3.05) is 31.6 Å². The van der Waals surface area contributed by atoms with Gasteiger partial charge in [0.05, 0.1) is 25.0 Å². The van der Waals surface area contributed by atoms with Crippen LogP contribution < -0.4 is 20.3 Å². The van der Waals surface area contributed by atoms with Crippen molar-refractivity contribution in [2.24, 2.45) is 4.99 Å². The molecule has 1 atom stereocenters. The number of thiazole rings is 1. The molecule has 3 heterocycles. The first kappa shape index (κ1) is 19.8. The molecule has 9 heteroatoms. The number of nitrogens with one attached hydrogen (secondary N) is 2. The first-order valence-corrected chi connectivity index (χ1v) is 11.0. The molecule has 2 N–H and O–H groups in total. The minimum Gasteiger partial charge on any atom is -0.495 e. The molecule has 29 heavy (non-hydrogen) atoms. The van der Waals surface area contributed by atoms with Crippen LogP contribution in [0.2, 0.25) is 5.02 Å². The Bertz CT molecular complexity index is 971. The number of fused-ring (bicyclic) bond motifs is 1. The predicted molar refractivity (Wildman–Crippen MR) is 120 cm³/mol. The summed E-state index contributed by atoms with van der Waals surface area (Å²) in [4.78, 5) is 12.6. The van der Waals surface area contributed by atoms with Crippen LogP contribution in [0.25, 0.3) is 4.96 Å². The molecule has 1 aliphatic rings. The number of methoxy groups -OCH3 is 1. The molecule has 154 valence electrons. The van der Waals surface area contributed by atoms with E-state index in [-0.39, 0.29) is 0 Å². The summed E-state index contributed by atoms with van der Waals surface area (Å²) in [5.41, 5.74) is 2.00. The number of rotatable bonds is 6. The zero-order valence-corrected chi connectivity index (χ0v) is 18.1. The van der Waals surface area contributed by atoms with Crippen molar-refractivity contribution in [3.63, 3.8) is 0 Å². The average Bonchev–Trinajstić information content (AvgIpc) is 3.42. The second kappa shape index (κ2) is 8.92. The number of ether oxygens (including phenoxy) is 1. The van der Waals surface area contributed by atoms with Gasteiger partial charge >= 0.3 is 0 Å². The second-order valence-electron chi connectivity index (χ2n) is 6.91. The van der Waals surface area contributed by atoms with Gasteiger partial charge in [-0.05, 0) is 31.5 Å². The molecule has 1 saturated heterocycles. The number of halogens is 1. The van der Waals surface area contributed by atoms with E-state index < -0.39 is 0 Å². The van der Waals surface area contributed by atoms with Gasteiger partial charge in [-0.1, -0.05) is 11.6 Å². The van der Waals surface area contributed by atoms with Crippen molar-refractivity contribution < 1.29 is 4.74 Å². The molecule has 2 aromatic heterocycles. The van der Waals surface area contributed by atoms with Gasteiger partial charge in [0.2, 0.25) is 0 Å². The summed E-state index contributed by atoms with van der Waals surface area (Å²) in [7, 11) is 1.69. The maximum absolute atomic E-state index is 6.20. The van der Waals surface area contributed by atoms with Crippen LogP contribution in [0.4, 0.5) is 5.69 Å². The third kappa shape index (κ3) is 4.59. The van der Waals surface area contributed by atoms with E-state index in [4.69, 9.17) is 21.3 Å². The smallest absolute Gasteiger partial charge is 0.193 e. The second-order valence-corrected chi connectivity index (χ2v) is 8.22. The Balaban J connectivity index is 1.41. The molecule has 1 aliphatic heterocycles. The molecule has 7 nitrogen and oxygen atoms in total. The Morgan fingerprint density at radius 3 is 3.14 bits per heavy atom. The molecule has 0 bridgehead atoms. The van der Waals surface area contributed by atoms with Gasteiger partial charge in [-0.3, -0.25) is 4.40 Å². The summed E-state index contributed by atoms with van der Waals surface area (Å²) < 4.78 is 7.54. The van der Waals surface area contributed by atoms with Crippen LogP contribution in [0.1, 0.15) is 19.0 Å². The Labute approximate surface area is 179 Å². The van der Waals surface area contributed by atoms with E-state index in [1.165, 1.54) is 0 Å². The molecule has 3 aromatic rings. The fourth-order valence-electron chi connectivity index (χ4n) is 3.53. The van der Waals surface area contributed by atoms with Gasteiger partial charge in [0.1, 0.15) is 5.75 Å². The van der Waals surface area contributed by atoms with Crippen molar-refractivity contribution >= 4 is 39.5 Å². The number of guanidine groups is 1. The van der Waals surface area contributed by atoms with E-state index >= 15 is 0 Å². The van der Waals surface area contributed by atoms with Crippen molar-refractivity contribution in [1.29, 1.82) is 0 Å². The van der Waals surface area contributed by atoms with Gasteiger partial charge in [0.25, 0.3) is 0 Å². The molecule has 4 rings (SSSR count). The zero-order valence-electron chi connectivity index (χ0n) is 16.6. The lowest BCUT2D eigenvalue weighted by Gasteiger charge is -2.22. The van der Waals surface area contributed by atoms with Gasteiger partial charge in [-0.15, -0.1) is 11.3 Å². The van der Waals surface area contributed by atoms with Crippen molar-refractivity contribution in [3.05, 3.63) is 46.7 Å². The summed E-state index contributed by atoms with van der Waals surface area (Å²) in [6, 6.07) is 6.03. The lowest BCUT2D eigenvalue weighted by molar-refractivity contribution is 0.415. The lowest BCUT2D eigenvalue weighted by atomic mass is 10.2. The first-order valence-electron chi connectivity index (χ1n) is 9.70. The number of hydrogen-bond acceptors (Lipinski definition) is 5. The van der Waals surface area contributed by atoms with Crippen LogP contribution >= 0.6 is 22.9 Å². The Hall–Kier alpha value is -2.45. The normalized spacial score (nSPS) is 17.1. The highest BCUT2D eigenvalue weighted by Crippen LogP contribution is 2.33. The largest absolute Gasteiger partial charge is 0.495 e. The fraction of sp³-hybridized carbons (Fsp3) is 0.400. The maximum atomic E-state index is 6.20. The van der Waals surface area contributed by atoms with Crippen LogP contribution in [0.15, 0.2) is 41.0 Å². The van der Waals surface area contributed by atoms with Gasteiger partial charge in [-0.25, -0.2) is 9.98 Å². The standard InChI is InChI=1S/C20H25ClN6OS/c1-3-22-19(23-11-16-13-27-8-9-29-20(27)25-16)24-15-6-7-26(12-15)17-10-14(21)4-5-18(17)28-2/h4-5,8-10,13,15H,3,6-7,11-12H2,1-2H3,(H2,22,23,24). The maximum Gasteiger partial charge on any atom is 0.193 e. The SMILES string of the molecule is CCNC(=NCc1cn2ccsc2n1)NC1CCN(c2cc(Cl)ccc2OC)C1. The molecule has 0 aliphatic carbocycles. The molecule has 0 amide bonds. The summed E-state index contributed by atoms with van der Waals surface area (Å²) in [6.07, 6.45) is 5.06. The van der Waals surface area contributed by atoms with Gasteiger partial charge in [0.15, 0.2) is 10.9 Å². The van der Waals surface area contributed by atoms with Crippen LogP contribution in [0, 0.1) is 0 Å². The summed E-state index contributed by atoms with van der Waals surface area (Å²) in [5, 5.41) is 9.64. The Morgan fingerprint density at radius 2 is 2.34 bits per heavy atom. The van der Waals surface area contributed by atoms with Gasteiger partial charge < -0.3 is 20.3 Å². The van der Waals surface area contributed by atoms with Crippen molar-refractivity contribution in [3.8, 4) is 5.75 Å². The van der Waals surface area contributed by atoms with Crippen LogP contribution in [0.3, 0.4) is 0 Å². The lowest BCUT2D eigenvalue weighted by Crippen LogP contribution is -2.44. The number of benzene rings is 1. The van der Waals surface area contributed by atoms with E-state index in [1.807, 2.05) is 40.4 Å². The van der Waals surface area contributed by atoms with E-state index in [0.717, 1.165) is 54.1 Å². The molecule has 1 unspecified atom stereocenters. The average molecular weight is 433 g/mol. The van der Waals surface area contributed by atoms with E-state index in [0.29, 0.717) is 17.6 Å². The number of nitrogens with zero attached hydrogens (tertiary/aromatic N) is 4. The molecule has 1 aromatic carbocycles. The fourth-order valence-corrected chi connectivity index (χ4v) is 4.42. The number of anilines is 1. The minimum absolute atomic E-state index is 0.293. The third-order valence-corrected chi connectivity index (χ3v) is 5.90. The number of aliphatic imine (C=N–C) groups is 1. The molecule has 0 spiro atoms. The van der Waals surface area contributed by atoms with Gasteiger partial charge in [0, 0.05) is 48.5 Å². The molecule has 0 radical (unpaired) electrons. The van der Waals surface area contributed by atoms with E-state index in [2.05, 4.69) is 27.4 Å². The van der Waals surface area contributed by atoms with E-state index in [9.17, 15) is 0 Å². The molecule has 0 saturated carbocycles. The van der Waals surface area contributed by atoms with Crippen molar-refractivity contribution in [1.82, 2.24) is 20.0 Å². The highest BCUT2D eigenvalue weighted by atomic mass is 35.5. The molecule has 1 fully saturated rings. The topological polar surface area (TPSA) is 66.2 Å². The highest BCUT2D eigenvalue weighted by molar-refractivity contribution is 7.15. The van der Waals surface area contributed by atoms with Gasteiger partial charge in [-0.2, -0.15) is 0 Å². The summed E-state index contributed by atoms with van der Waals surface area (Å²) >= 11 is 7.83. The number of aromatic nitrogens is 2. The van der Waals surface area contributed by atoms with Crippen LogP contribution in [0.5, 0.6) is 5.75 Å². The van der Waals surface area contributed by atoms with Crippen LogP contribution in [-0.4, -0.2) is 48.1 Å². The monoisotopic (exact) mass is 432 g/mol. The molecular weight excluding hydrogens is 408 g/mol. The first-order chi connectivity index (χ1) is 14.2. The Kier molecular flexibility index (Phi) is 6.10. The predicted octanol–water partition coefficient (Wildman–Crippen LogP) is 3.39. The number of hydrogen-bond donors (Lipinski definition) is 2. The van der Waals surface area contributed by atoms with Crippen LogP contribution in [-0.2, 0) is 6.54 Å². The summed E-state index contributed by atoms with van der Waals surface area (Å²) in [6.45, 7) is 5.22. The Morgan fingerprint density at radius 1 is 1.45 bits per heavy atom.